The molecule has 2 N–H and O–H groups in total. The first kappa shape index (κ1) is 16.4. The van der Waals surface area contributed by atoms with Gasteiger partial charge in [-0.25, -0.2) is 0 Å². The highest BCUT2D eigenvalue weighted by Crippen LogP contribution is 2.08. The number of aliphatic hydroxyl groups excluding tert-OH is 1. The molecule has 0 aromatic heterocycles. The van der Waals surface area contributed by atoms with Gasteiger partial charge in [-0.2, -0.15) is 0 Å². The average Bonchev–Trinajstić information content (AvgIpc) is 2.45. The van der Waals surface area contributed by atoms with Crippen LogP contribution in [0.15, 0.2) is 42.1 Å². The molecule has 0 amide bonds. The van der Waals surface area contributed by atoms with Crippen molar-refractivity contribution >= 4 is 5.78 Å². The molecule has 0 saturated heterocycles. The second-order valence-corrected chi connectivity index (χ2v) is 5.07. The first-order valence-corrected chi connectivity index (χ1v) is 7.35. The molecular weight excluding hydrogens is 250 g/mol. The Morgan fingerprint density at radius 3 is 2.65 bits per heavy atom. The lowest BCUT2D eigenvalue weighted by molar-refractivity contribution is 0.104. The predicted molar refractivity (Wildman–Crippen MR) is 82.7 cm³/mol. The van der Waals surface area contributed by atoms with Crippen LogP contribution in [0.2, 0.25) is 0 Å². The van der Waals surface area contributed by atoms with Crippen LogP contribution < -0.4 is 5.32 Å². The van der Waals surface area contributed by atoms with Gasteiger partial charge in [0.05, 0.1) is 6.10 Å². The number of ketones is 1. The summed E-state index contributed by atoms with van der Waals surface area (Å²) in [5.41, 5.74) is 1.60. The molecule has 0 saturated carbocycles. The number of hydrogen-bond acceptors (Lipinski definition) is 3. The van der Waals surface area contributed by atoms with Gasteiger partial charge in [-0.15, -0.1) is 0 Å². The number of nitrogens with one attached hydrogen (secondary N) is 1. The molecule has 0 aliphatic heterocycles. The van der Waals surface area contributed by atoms with Crippen molar-refractivity contribution in [3.63, 3.8) is 0 Å². The summed E-state index contributed by atoms with van der Waals surface area (Å²) >= 11 is 0. The maximum atomic E-state index is 12.2. The summed E-state index contributed by atoms with van der Waals surface area (Å²) in [5, 5.41) is 12.7. The largest absolute Gasteiger partial charge is 0.393 e. The van der Waals surface area contributed by atoms with Crippen molar-refractivity contribution in [1.29, 1.82) is 0 Å². The standard InChI is InChI=1S/C17H25NO2/c1-3-4-12-18-16(11-10-14(2)19)13-17(20)15-8-6-5-7-9-15/h5-9,13-14,18-19H,3-4,10-12H2,1-2H3/b16-13-. The predicted octanol–water partition coefficient (Wildman–Crippen LogP) is 3.30. The SMILES string of the molecule is CCCCN/C(=C\C(=O)c1ccccc1)CCC(C)O. The molecule has 0 radical (unpaired) electrons. The van der Waals surface area contributed by atoms with Crippen LogP contribution in [0.25, 0.3) is 0 Å². The summed E-state index contributed by atoms with van der Waals surface area (Å²) in [7, 11) is 0. The number of benzene rings is 1. The van der Waals surface area contributed by atoms with Gasteiger partial charge in [0.15, 0.2) is 5.78 Å². The lowest BCUT2D eigenvalue weighted by atomic mass is 10.1. The Bertz CT molecular complexity index is 424. The van der Waals surface area contributed by atoms with Crippen LogP contribution in [-0.4, -0.2) is 23.5 Å². The zero-order valence-electron chi connectivity index (χ0n) is 12.4. The minimum absolute atomic E-state index is 0.00944. The second-order valence-electron chi connectivity index (χ2n) is 5.07. The molecule has 0 bridgehead atoms. The molecule has 1 atom stereocenters. The van der Waals surface area contributed by atoms with Gasteiger partial charge in [-0.1, -0.05) is 43.7 Å². The summed E-state index contributed by atoms with van der Waals surface area (Å²) < 4.78 is 0. The normalized spacial score (nSPS) is 13.1. The smallest absolute Gasteiger partial charge is 0.187 e. The molecule has 1 aromatic carbocycles. The summed E-state index contributed by atoms with van der Waals surface area (Å²) in [5.74, 6) is 0.00944. The van der Waals surface area contributed by atoms with E-state index in [9.17, 15) is 9.90 Å². The highest BCUT2D eigenvalue weighted by molar-refractivity contribution is 6.04. The van der Waals surface area contributed by atoms with Gasteiger partial charge in [0.1, 0.15) is 0 Å². The fourth-order valence-electron chi connectivity index (χ4n) is 1.85. The molecule has 0 fully saturated rings. The van der Waals surface area contributed by atoms with Crippen LogP contribution in [-0.2, 0) is 0 Å². The second kappa shape index (κ2) is 9.32. The van der Waals surface area contributed by atoms with Gasteiger partial charge in [-0.05, 0) is 26.2 Å². The van der Waals surface area contributed by atoms with Crippen LogP contribution in [0.1, 0.15) is 49.9 Å². The minimum atomic E-state index is -0.349. The average molecular weight is 275 g/mol. The Morgan fingerprint density at radius 2 is 2.05 bits per heavy atom. The Balaban J connectivity index is 2.69. The van der Waals surface area contributed by atoms with Gasteiger partial charge in [0.2, 0.25) is 0 Å². The quantitative estimate of drug-likeness (QED) is 0.413. The molecule has 0 heterocycles. The van der Waals surface area contributed by atoms with Gasteiger partial charge < -0.3 is 10.4 Å². The molecule has 0 aliphatic carbocycles. The van der Waals surface area contributed by atoms with E-state index in [1.54, 1.807) is 13.0 Å². The third-order valence-corrected chi connectivity index (χ3v) is 3.08. The van der Waals surface area contributed by atoms with Crippen molar-refractivity contribution in [1.82, 2.24) is 5.32 Å². The Morgan fingerprint density at radius 1 is 1.35 bits per heavy atom. The maximum Gasteiger partial charge on any atom is 0.187 e. The van der Waals surface area contributed by atoms with E-state index in [0.29, 0.717) is 18.4 Å². The number of allylic oxidation sites excluding steroid dienone is 2. The summed E-state index contributed by atoms with van der Waals surface area (Å²) in [6.07, 6.45) is 4.85. The Labute approximate surface area is 121 Å². The van der Waals surface area contributed by atoms with Crippen LogP contribution in [0.3, 0.4) is 0 Å². The molecule has 1 rings (SSSR count). The number of unbranched alkanes of at least 4 members (excludes halogenated alkanes) is 1. The number of carbonyl (C=O) groups excluding carboxylic acids is 1. The molecule has 1 unspecified atom stereocenters. The summed E-state index contributed by atoms with van der Waals surface area (Å²) in [4.78, 5) is 12.2. The third-order valence-electron chi connectivity index (χ3n) is 3.08. The number of aliphatic hydroxyl groups is 1. The molecule has 0 aliphatic rings. The van der Waals surface area contributed by atoms with Crippen molar-refractivity contribution in [3.05, 3.63) is 47.7 Å². The Kier molecular flexibility index (Phi) is 7.66. The lowest BCUT2D eigenvalue weighted by Crippen LogP contribution is -2.17. The molecular formula is C17H25NO2. The molecule has 1 aromatic rings. The van der Waals surface area contributed by atoms with Crippen LogP contribution in [0.5, 0.6) is 0 Å². The van der Waals surface area contributed by atoms with E-state index in [1.807, 2.05) is 30.3 Å². The van der Waals surface area contributed by atoms with Crippen molar-refractivity contribution < 1.29 is 9.90 Å². The zero-order valence-corrected chi connectivity index (χ0v) is 12.4. The number of hydrogen-bond donors (Lipinski definition) is 2. The number of carbonyl (C=O) groups is 1. The van der Waals surface area contributed by atoms with Crippen molar-refractivity contribution in [2.75, 3.05) is 6.54 Å². The van der Waals surface area contributed by atoms with Crippen molar-refractivity contribution in [3.8, 4) is 0 Å². The van der Waals surface area contributed by atoms with Gasteiger partial charge in [0, 0.05) is 23.9 Å². The molecule has 0 spiro atoms. The van der Waals surface area contributed by atoms with E-state index in [4.69, 9.17) is 0 Å². The van der Waals surface area contributed by atoms with Crippen molar-refractivity contribution in [2.24, 2.45) is 0 Å². The molecule has 110 valence electrons. The first-order valence-electron chi connectivity index (χ1n) is 7.35. The van der Waals surface area contributed by atoms with E-state index in [2.05, 4.69) is 12.2 Å². The monoisotopic (exact) mass is 275 g/mol. The fraction of sp³-hybridized carbons (Fsp3) is 0.471. The minimum Gasteiger partial charge on any atom is -0.393 e. The number of rotatable bonds is 9. The van der Waals surface area contributed by atoms with Gasteiger partial charge in [0.25, 0.3) is 0 Å². The van der Waals surface area contributed by atoms with Crippen LogP contribution in [0.4, 0.5) is 0 Å². The highest BCUT2D eigenvalue weighted by atomic mass is 16.3. The van der Waals surface area contributed by atoms with Crippen LogP contribution in [0, 0.1) is 0 Å². The van der Waals surface area contributed by atoms with Crippen molar-refractivity contribution in [2.45, 2.75) is 45.6 Å². The van der Waals surface area contributed by atoms with Crippen LogP contribution >= 0.6 is 0 Å². The van der Waals surface area contributed by atoms with E-state index in [1.165, 1.54) is 0 Å². The Hall–Kier alpha value is -1.61. The van der Waals surface area contributed by atoms with E-state index in [0.717, 1.165) is 25.1 Å². The highest BCUT2D eigenvalue weighted by Gasteiger charge is 2.06. The lowest BCUT2D eigenvalue weighted by Gasteiger charge is -2.12. The molecule has 20 heavy (non-hydrogen) atoms. The van der Waals surface area contributed by atoms with E-state index < -0.39 is 0 Å². The summed E-state index contributed by atoms with van der Waals surface area (Å²) in [6.45, 7) is 4.77. The summed E-state index contributed by atoms with van der Waals surface area (Å²) in [6, 6.07) is 9.25. The topological polar surface area (TPSA) is 49.3 Å². The maximum absolute atomic E-state index is 12.2. The molecule has 3 heteroatoms. The molecule has 3 nitrogen and oxygen atoms in total. The zero-order chi connectivity index (χ0) is 14.8. The third kappa shape index (κ3) is 6.53. The van der Waals surface area contributed by atoms with E-state index in [-0.39, 0.29) is 11.9 Å². The van der Waals surface area contributed by atoms with E-state index >= 15 is 0 Å². The first-order chi connectivity index (χ1) is 9.63. The van der Waals surface area contributed by atoms with Gasteiger partial charge >= 0.3 is 0 Å². The fourth-order valence-corrected chi connectivity index (χ4v) is 1.85. The van der Waals surface area contributed by atoms with Gasteiger partial charge in [-0.3, -0.25) is 4.79 Å².